The van der Waals surface area contributed by atoms with Crippen molar-refractivity contribution in [2.45, 2.75) is 39.0 Å². The van der Waals surface area contributed by atoms with Gasteiger partial charge in [-0.1, -0.05) is 30.3 Å². The van der Waals surface area contributed by atoms with E-state index in [0.717, 1.165) is 5.56 Å². The summed E-state index contributed by atoms with van der Waals surface area (Å²) in [7, 11) is 0. The number of alkyl carbamates (subject to hydrolysis) is 1. The van der Waals surface area contributed by atoms with Crippen molar-refractivity contribution in [1.82, 2.24) is 10.6 Å². The monoisotopic (exact) mass is 367 g/mol. The summed E-state index contributed by atoms with van der Waals surface area (Å²) in [6.45, 7) is 5.60. The molecule has 0 aliphatic heterocycles. The Hall–Kier alpha value is -2.22. The van der Waals surface area contributed by atoms with Gasteiger partial charge in [-0.15, -0.1) is 11.8 Å². The molecule has 1 aromatic rings. The van der Waals surface area contributed by atoms with Gasteiger partial charge in [-0.3, -0.25) is 9.59 Å². The number of hydrogen-bond donors (Lipinski definition) is 3. The molecular weight excluding hydrogens is 342 g/mol. The molecule has 0 aromatic heterocycles. The summed E-state index contributed by atoms with van der Waals surface area (Å²) in [6.07, 6.45) is -0.717. The molecule has 1 aromatic carbocycles. The second-order valence-corrected chi connectivity index (χ2v) is 7.41. The van der Waals surface area contributed by atoms with Gasteiger partial charge in [-0.25, -0.2) is 4.79 Å². The smallest absolute Gasteiger partial charge is 0.408 e. The molecule has 8 heteroatoms. The first-order valence-corrected chi connectivity index (χ1v) is 9.00. The van der Waals surface area contributed by atoms with Crippen molar-refractivity contribution in [1.29, 1.82) is 0 Å². The Labute approximate surface area is 152 Å². The molecule has 0 saturated carbocycles. The second kappa shape index (κ2) is 9.93. The van der Waals surface area contributed by atoms with Crippen LogP contribution >= 0.6 is 11.8 Å². The molecule has 3 amide bonds. The highest BCUT2D eigenvalue weighted by atomic mass is 32.2. The lowest BCUT2D eigenvalue weighted by Crippen LogP contribution is -2.48. The average Bonchev–Trinajstić information content (AvgIpc) is 2.51. The molecule has 7 nitrogen and oxygen atoms in total. The first-order chi connectivity index (χ1) is 11.7. The first kappa shape index (κ1) is 20.8. The predicted molar refractivity (Wildman–Crippen MR) is 98.0 cm³/mol. The first-order valence-electron chi connectivity index (χ1n) is 7.84. The molecule has 0 unspecified atom stereocenters. The summed E-state index contributed by atoms with van der Waals surface area (Å²) < 4.78 is 5.09. The molecule has 0 saturated heterocycles. The molecule has 138 valence electrons. The van der Waals surface area contributed by atoms with Crippen molar-refractivity contribution in [2.75, 3.05) is 11.5 Å². The number of amides is 3. The molecular formula is C17H25N3O4S. The topological polar surface area (TPSA) is 111 Å². The van der Waals surface area contributed by atoms with E-state index >= 15 is 0 Å². The number of carbonyl (C=O) groups is 3. The van der Waals surface area contributed by atoms with E-state index in [1.54, 1.807) is 20.8 Å². The highest BCUT2D eigenvalue weighted by Gasteiger charge is 2.22. The van der Waals surface area contributed by atoms with E-state index < -0.39 is 23.6 Å². The van der Waals surface area contributed by atoms with Crippen LogP contribution in [0.4, 0.5) is 4.79 Å². The molecule has 0 aliphatic rings. The number of primary amides is 1. The highest BCUT2D eigenvalue weighted by Crippen LogP contribution is 2.08. The summed E-state index contributed by atoms with van der Waals surface area (Å²) in [4.78, 5) is 34.9. The van der Waals surface area contributed by atoms with Gasteiger partial charge in [-0.05, 0) is 26.3 Å². The van der Waals surface area contributed by atoms with Gasteiger partial charge >= 0.3 is 6.09 Å². The zero-order valence-corrected chi connectivity index (χ0v) is 15.5. The molecule has 0 heterocycles. The van der Waals surface area contributed by atoms with Gasteiger partial charge in [0.2, 0.25) is 11.8 Å². The zero-order valence-electron chi connectivity index (χ0n) is 14.7. The Morgan fingerprint density at radius 2 is 1.84 bits per heavy atom. The quantitative estimate of drug-likeness (QED) is 0.643. The summed E-state index contributed by atoms with van der Waals surface area (Å²) in [5, 5.41) is 5.20. The van der Waals surface area contributed by atoms with E-state index in [9.17, 15) is 14.4 Å². The molecule has 1 atom stereocenters. The van der Waals surface area contributed by atoms with Crippen LogP contribution in [0.25, 0.3) is 0 Å². The standard InChI is InChI=1S/C17H25N3O4S/c1-17(2,3)24-16(23)20-13(15(18)22)10-25-11-14(21)19-9-12-7-5-4-6-8-12/h4-8,13H,9-11H2,1-3H3,(H2,18,22)(H,19,21)(H,20,23)/t13-/m0/s1. The van der Waals surface area contributed by atoms with Gasteiger partial charge in [0, 0.05) is 12.3 Å². The molecule has 4 N–H and O–H groups in total. The molecule has 0 radical (unpaired) electrons. The van der Waals surface area contributed by atoms with Gasteiger partial charge in [0.1, 0.15) is 11.6 Å². The number of nitrogens with one attached hydrogen (secondary N) is 2. The van der Waals surface area contributed by atoms with E-state index in [1.165, 1.54) is 11.8 Å². The van der Waals surface area contributed by atoms with E-state index in [2.05, 4.69) is 10.6 Å². The van der Waals surface area contributed by atoms with E-state index in [-0.39, 0.29) is 17.4 Å². The second-order valence-electron chi connectivity index (χ2n) is 6.38. The Morgan fingerprint density at radius 1 is 1.20 bits per heavy atom. The molecule has 0 spiro atoms. The van der Waals surface area contributed by atoms with Gasteiger partial charge < -0.3 is 21.1 Å². The summed E-state index contributed by atoms with van der Waals surface area (Å²) in [6, 6.07) is 8.64. The number of rotatable bonds is 8. The van der Waals surface area contributed by atoms with Crippen molar-refractivity contribution >= 4 is 29.7 Å². The van der Waals surface area contributed by atoms with E-state index in [4.69, 9.17) is 10.5 Å². The minimum absolute atomic E-state index is 0.158. The van der Waals surface area contributed by atoms with Crippen molar-refractivity contribution in [2.24, 2.45) is 5.73 Å². The Bertz CT molecular complexity index is 587. The number of ether oxygens (including phenoxy) is 1. The summed E-state index contributed by atoms with van der Waals surface area (Å²) >= 11 is 1.21. The Balaban J connectivity index is 2.33. The molecule has 0 fully saturated rings. The third-order valence-electron chi connectivity index (χ3n) is 2.88. The summed E-state index contributed by atoms with van der Waals surface area (Å²) in [5.41, 5.74) is 5.61. The van der Waals surface area contributed by atoms with Crippen LogP contribution in [-0.2, 0) is 20.9 Å². The lowest BCUT2D eigenvalue weighted by molar-refractivity contribution is -0.120. The van der Waals surface area contributed by atoms with Crippen molar-refractivity contribution in [3.8, 4) is 0 Å². The maximum Gasteiger partial charge on any atom is 0.408 e. The zero-order chi connectivity index (χ0) is 18.9. The van der Waals surface area contributed by atoms with Crippen molar-refractivity contribution in [3.05, 3.63) is 35.9 Å². The van der Waals surface area contributed by atoms with Gasteiger partial charge in [0.15, 0.2) is 0 Å². The third-order valence-corrected chi connectivity index (χ3v) is 3.92. The number of thioether (sulfide) groups is 1. The molecule has 0 aliphatic carbocycles. The van der Waals surface area contributed by atoms with E-state index in [0.29, 0.717) is 6.54 Å². The number of carbonyl (C=O) groups excluding carboxylic acids is 3. The minimum Gasteiger partial charge on any atom is -0.444 e. The maximum atomic E-state index is 11.8. The van der Waals surface area contributed by atoms with Crippen LogP contribution in [-0.4, -0.2) is 41.1 Å². The fourth-order valence-corrected chi connectivity index (χ4v) is 2.65. The molecule has 1 rings (SSSR count). The normalized spacial score (nSPS) is 12.1. The van der Waals surface area contributed by atoms with Gasteiger partial charge in [0.25, 0.3) is 0 Å². The Morgan fingerprint density at radius 3 is 2.40 bits per heavy atom. The van der Waals surface area contributed by atoms with Crippen LogP contribution in [0.2, 0.25) is 0 Å². The van der Waals surface area contributed by atoms with Crippen molar-refractivity contribution in [3.63, 3.8) is 0 Å². The lowest BCUT2D eigenvalue weighted by Gasteiger charge is -2.22. The van der Waals surface area contributed by atoms with Crippen LogP contribution in [0.3, 0.4) is 0 Å². The van der Waals surface area contributed by atoms with Crippen molar-refractivity contribution < 1.29 is 19.1 Å². The fraction of sp³-hybridized carbons (Fsp3) is 0.471. The van der Waals surface area contributed by atoms with Crippen LogP contribution in [0.15, 0.2) is 30.3 Å². The molecule has 0 bridgehead atoms. The predicted octanol–water partition coefficient (Wildman–Crippen LogP) is 1.41. The van der Waals surface area contributed by atoms with Crippen LogP contribution in [0, 0.1) is 0 Å². The van der Waals surface area contributed by atoms with Crippen LogP contribution < -0.4 is 16.4 Å². The van der Waals surface area contributed by atoms with E-state index in [1.807, 2.05) is 30.3 Å². The number of benzene rings is 1. The highest BCUT2D eigenvalue weighted by molar-refractivity contribution is 8.00. The lowest BCUT2D eigenvalue weighted by atomic mass is 10.2. The van der Waals surface area contributed by atoms with Gasteiger partial charge in [-0.2, -0.15) is 0 Å². The van der Waals surface area contributed by atoms with Crippen LogP contribution in [0.5, 0.6) is 0 Å². The molecule has 25 heavy (non-hydrogen) atoms. The number of nitrogens with two attached hydrogens (primary N) is 1. The summed E-state index contributed by atoms with van der Waals surface area (Å²) in [5.74, 6) is -0.489. The largest absolute Gasteiger partial charge is 0.444 e. The Kier molecular flexibility index (Phi) is 8.27. The van der Waals surface area contributed by atoms with Crippen LogP contribution in [0.1, 0.15) is 26.3 Å². The van der Waals surface area contributed by atoms with Gasteiger partial charge in [0.05, 0.1) is 5.75 Å². The average molecular weight is 367 g/mol. The number of hydrogen-bond acceptors (Lipinski definition) is 5. The SMILES string of the molecule is CC(C)(C)OC(=O)N[C@@H](CSCC(=O)NCc1ccccc1)C(N)=O. The maximum absolute atomic E-state index is 11.8. The third kappa shape index (κ3) is 9.61. The fourth-order valence-electron chi connectivity index (χ4n) is 1.76. The minimum atomic E-state index is -0.901.